The number of hydrogen-bond donors (Lipinski definition) is 2. The Labute approximate surface area is 106 Å². The largest absolute Gasteiger partial charge is 0.480 e. The number of carboxylic acid groups (broad SMARTS) is 1. The van der Waals surface area contributed by atoms with Crippen molar-refractivity contribution < 1.29 is 19.8 Å². The number of aliphatic hydroxyl groups is 1. The lowest BCUT2D eigenvalue weighted by molar-refractivity contribution is -0.141. The van der Waals surface area contributed by atoms with E-state index in [0.717, 1.165) is 12.8 Å². The molecule has 102 valence electrons. The maximum Gasteiger partial charge on any atom is 0.326 e. The average Bonchev–Trinajstić information content (AvgIpc) is 2.70. The topological polar surface area (TPSA) is 81.1 Å². The molecule has 0 aromatic heterocycles. The Hall–Kier alpha value is -1.56. The van der Waals surface area contributed by atoms with Crippen LogP contribution < -0.4 is 0 Å². The molecule has 1 aliphatic heterocycles. The Morgan fingerprint density at radius 3 is 2.78 bits per heavy atom. The number of rotatable bonds is 5. The van der Waals surface area contributed by atoms with E-state index in [0.29, 0.717) is 6.54 Å². The number of hydrogen-bond acceptors (Lipinski definition) is 3. The second-order valence-electron chi connectivity index (χ2n) is 4.53. The molecule has 0 aliphatic carbocycles. The number of amides is 2. The van der Waals surface area contributed by atoms with Gasteiger partial charge in [-0.25, -0.2) is 9.59 Å². The number of β-amino-alcohol motifs (C(OH)–C–C–N with tert-alkyl or cyclic N) is 1. The van der Waals surface area contributed by atoms with Crippen LogP contribution in [0.25, 0.3) is 0 Å². The first kappa shape index (κ1) is 14.5. The molecule has 1 heterocycles. The van der Waals surface area contributed by atoms with E-state index in [2.05, 4.69) is 6.58 Å². The normalized spacial score (nSPS) is 22.9. The summed E-state index contributed by atoms with van der Waals surface area (Å²) in [6.07, 6.45) is 2.72. The van der Waals surface area contributed by atoms with E-state index in [1.54, 1.807) is 13.1 Å². The van der Waals surface area contributed by atoms with E-state index in [-0.39, 0.29) is 19.0 Å². The number of nitrogens with zero attached hydrogens (tertiary/aromatic N) is 2. The summed E-state index contributed by atoms with van der Waals surface area (Å²) in [6, 6.07) is -1.27. The Balaban J connectivity index is 2.58. The number of carbonyl (C=O) groups is 2. The van der Waals surface area contributed by atoms with Crippen molar-refractivity contribution in [3.05, 3.63) is 12.7 Å². The van der Waals surface area contributed by atoms with Crippen LogP contribution in [0.4, 0.5) is 4.79 Å². The first-order valence-corrected chi connectivity index (χ1v) is 6.01. The summed E-state index contributed by atoms with van der Waals surface area (Å²) < 4.78 is 0. The highest BCUT2D eigenvalue weighted by molar-refractivity contribution is 5.83. The number of carbonyl (C=O) groups excluding carboxylic acids is 1. The highest BCUT2D eigenvalue weighted by atomic mass is 16.4. The zero-order valence-corrected chi connectivity index (χ0v) is 10.6. The number of likely N-dealkylation sites (tertiary alicyclic amines) is 1. The quantitative estimate of drug-likeness (QED) is 0.555. The van der Waals surface area contributed by atoms with Gasteiger partial charge in [0.05, 0.1) is 6.10 Å². The van der Waals surface area contributed by atoms with E-state index in [9.17, 15) is 14.7 Å². The van der Waals surface area contributed by atoms with E-state index in [1.165, 1.54) is 9.80 Å². The second-order valence-corrected chi connectivity index (χ2v) is 4.53. The Bertz CT molecular complexity index is 332. The molecule has 0 aromatic rings. The fourth-order valence-corrected chi connectivity index (χ4v) is 2.05. The molecule has 6 nitrogen and oxygen atoms in total. The molecule has 0 saturated carbocycles. The van der Waals surface area contributed by atoms with Crippen molar-refractivity contribution in [1.29, 1.82) is 0 Å². The van der Waals surface area contributed by atoms with Crippen LogP contribution in [0.3, 0.4) is 0 Å². The number of aliphatic hydroxyl groups excluding tert-OH is 1. The van der Waals surface area contributed by atoms with Crippen molar-refractivity contribution in [1.82, 2.24) is 9.80 Å². The van der Waals surface area contributed by atoms with E-state index in [4.69, 9.17) is 5.11 Å². The Kier molecular flexibility index (Phi) is 5.15. The first-order chi connectivity index (χ1) is 8.47. The molecule has 18 heavy (non-hydrogen) atoms. The van der Waals surface area contributed by atoms with Crippen molar-refractivity contribution in [2.45, 2.75) is 31.4 Å². The minimum atomic E-state index is -1.07. The molecule has 1 saturated heterocycles. The lowest BCUT2D eigenvalue weighted by Gasteiger charge is -2.27. The molecule has 2 atom stereocenters. The second kappa shape index (κ2) is 6.39. The van der Waals surface area contributed by atoms with E-state index in [1.807, 2.05) is 0 Å². The summed E-state index contributed by atoms with van der Waals surface area (Å²) in [5.74, 6) is -1.07. The lowest BCUT2D eigenvalue weighted by Crippen LogP contribution is -2.47. The summed E-state index contributed by atoms with van der Waals surface area (Å²) in [7, 11) is 1.63. The third kappa shape index (κ3) is 3.46. The van der Waals surface area contributed by atoms with Gasteiger partial charge in [0.25, 0.3) is 0 Å². The highest BCUT2D eigenvalue weighted by Crippen LogP contribution is 2.19. The molecular formula is C12H20N2O4. The molecular weight excluding hydrogens is 236 g/mol. The molecule has 0 bridgehead atoms. The van der Waals surface area contributed by atoms with Crippen molar-refractivity contribution in [2.75, 3.05) is 20.1 Å². The van der Waals surface area contributed by atoms with Crippen LogP contribution in [0.1, 0.15) is 19.3 Å². The Morgan fingerprint density at radius 2 is 2.22 bits per heavy atom. The maximum atomic E-state index is 12.1. The summed E-state index contributed by atoms with van der Waals surface area (Å²) >= 11 is 0. The van der Waals surface area contributed by atoms with Gasteiger partial charge >= 0.3 is 12.0 Å². The predicted molar refractivity (Wildman–Crippen MR) is 66.2 cm³/mol. The SMILES string of the molecule is C=CCCCN(C)C(=O)N1C[C@H](O)C[C@@H]1C(=O)O. The first-order valence-electron chi connectivity index (χ1n) is 6.01. The van der Waals surface area contributed by atoms with Gasteiger partial charge in [0.2, 0.25) is 0 Å². The fraction of sp³-hybridized carbons (Fsp3) is 0.667. The smallest absolute Gasteiger partial charge is 0.326 e. The zero-order valence-electron chi connectivity index (χ0n) is 10.6. The molecule has 1 rings (SSSR count). The number of unbranched alkanes of at least 4 members (excludes halogenated alkanes) is 1. The van der Waals surface area contributed by atoms with Gasteiger partial charge in [-0.3, -0.25) is 0 Å². The summed E-state index contributed by atoms with van der Waals surface area (Å²) in [4.78, 5) is 25.8. The molecule has 1 fully saturated rings. The minimum Gasteiger partial charge on any atom is -0.480 e. The van der Waals surface area contributed by atoms with Crippen molar-refractivity contribution >= 4 is 12.0 Å². The Morgan fingerprint density at radius 1 is 1.56 bits per heavy atom. The number of carboxylic acids is 1. The van der Waals surface area contributed by atoms with Gasteiger partial charge in [0.1, 0.15) is 6.04 Å². The molecule has 0 aromatic carbocycles. The van der Waals surface area contributed by atoms with Crippen LogP contribution in [0.5, 0.6) is 0 Å². The average molecular weight is 256 g/mol. The molecule has 6 heteroatoms. The van der Waals surface area contributed by atoms with E-state index < -0.39 is 18.1 Å². The summed E-state index contributed by atoms with van der Waals surface area (Å²) in [6.45, 7) is 4.23. The fourth-order valence-electron chi connectivity index (χ4n) is 2.05. The summed E-state index contributed by atoms with van der Waals surface area (Å²) in [5, 5.41) is 18.5. The molecule has 0 unspecified atom stereocenters. The van der Waals surface area contributed by atoms with Gasteiger partial charge in [-0.05, 0) is 12.8 Å². The third-order valence-corrected chi connectivity index (χ3v) is 3.04. The standard InChI is InChI=1S/C12H20N2O4/c1-3-4-5-6-13(2)12(18)14-8-9(15)7-10(14)11(16)17/h3,9-10,15H,1,4-8H2,2H3,(H,16,17)/t9-,10-/m1/s1. The van der Waals surface area contributed by atoms with E-state index >= 15 is 0 Å². The van der Waals surface area contributed by atoms with Crippen molar-refractivity contribution in [3.63, 3.8) is 0 Å². The molecule has 0 spiro atoms. The maximum absolute atomic E-state index is 12.1. The number of allylic oxidation sites excluding steroid dienone is 1. The van der Waals surface area contributed by atoms with Gasteiger partial charge in [-0.15, -0.1) is 6.58 Å². The predicted octanol–water partition coefficient (Wildman–Crippen LogP) is 0.524. The highest BCUT2D eigenvalue weighted by Gasteiger charge is 2.39. The minimum absolute atomic E-state index is 0.0849. The number of urea groups is 1. The summed E-state index contributed by atoms with van der Waals surface area (Å²) in [5.41, 5.74) is 0. The van der Waals surface area contributed by atoms with Crippen LogP contribution in [0.15, 0.2) is 12.7 Å². The van der Waals surface area contributed by atoms with Crippen LogP contribution in [-0.4, -0.2) is 64.3 Å². The molecule has 0 radical (unpaired) electrons. The van der Waals surface area contributed by atoms with Crippen LogP contribution >= 0.6 is 0 Å². The zero-order chi connectivity index (χ0) is 13.7. The van der Waals surface area contributed by atoms with Gasteiger partial charge in [0.15, 0.2) is 0 Å². The molecule has 2 amide bonds. The monoisotopic (exact) mass is 256 g/mol. The van der Waals surface area contributed by atoms with Gasteiger partial charge in [-0.2, -0.15) is 0 Å². The van der Waals surface area contributed by atoms with Crippen molar-refractivity contribution in [2.24, 2.45) is 0 Å². The van der Waals surface area contributed by atoms with Crippen LogP contribution in [-0.2, 0) is 4.79 Å². The molecule has 2 N–H and O–H groups in total. The van der Waals surface area contributed by atoms with Gasteiger partial charge in [-0.1, -0.05) is 6.08 Å². The van der Waals surface area contributed by atoms with Gasteiger partial charge in [0, 0.05) is 26.6 Å². The van der Waals surface area contributed by atoms with Crippen LogP contribution in [0.2, 0.25) is 0 Å². The number of aliphatic carboxylic acids is 1. The van der Waals surface area contributed by atoms with Crippen molar-refractivity contribution in [3.8, 4) is 0 Å². The third-order valence-electron chi connectivity index (χ3n) is 3.04. The molecule has 1 aliphatic rings. The lowest BCUT2D eigenvalue weighted by atomic mass is 10.2. The van der Waals surface area contributed by atoms with Crippen LogP contribution in [0, 0.1) is 0 Å². The van der Waals surface area contributed by atoms with Gasteiger partial charge < -0.3 is 20.0 Å².